The Morgan fingerprint density at radius 2 is 1.71 bits per heavy atom. The Hall–Kier alpha value is -2.94. The van der Waals surface area contributed by atoms with Crippen LogP contribution in [0.1, 0.15) is 56.2 Å². The first kappa shape index (κ1) is 32.6. The van der Waals surface area contributed by atoms with Crippen molar-refractivity contribution < 1.29 is 23.9 Å². The fourth-order valence-electron chi connectivity index (χ4n) is 5.43. The van der Waals surface area contributed by atoms with E-state index in [0.717, 1.165) is 24.0 Å². The van der Waals surface area contributed by atoms with Gasteiger partial charge >= 0.3 is 5.97 Å². The molecule has 2 amide bonds. The summed E-state index contributed by atoms with van der Waals surface area (Å²) in [6, 6.07) is 14.3. The molecule has 1 aliphatic carbocycles. The maximum atomic E-state index is 14.0. The number of nitrogens with zero attached hydrogens (tertiary/aromatic N) is 2. The number of carbonyl (C=O) groups is 3. The zero-order valence-corrected chi connectivity index (χ0v) is 25.8. The first-order chi connectivity index (χ1) is 19.3. The summed E-state index contributed by atoms with van der Waals surface area (Å²) in [7, 11) is 4.77. The number of rotatable bonds is 12. The zero-order chi connectivity index (χ0) is 30.3. The predicted octanol–water partition coefficient (Wildman–Crippen LogP) is 4.22. The van der Waals surface area contributed by atoms with Crippen molar-refractivity contribution in [2.24, 2.45) is 11.7 Å². The average molecular weight is 586 g/mol. The van der Waals surface area contributed by atoms with Gasteiger partial charge in [-0.15, -0.1) is 0 Å². The molecule has 1 aliphatic rings. The van der Waals surface area contributed by atoms with Gasteiger partial charge in [-0.05, 0) is 74.8 Å². The van der Waals surface area contributed by atoms with Crippen molar-refractivity contribution >= 4 is 29.4 Å². The molecule has 3 rings (SSSR count). The molecule has 4 atom stereocenters. The Balaban J connectivity index is 1.84. The lowest BCUT2D eigenvalue weighted by atomic mass is 9.83. The van der Waals surface area contributed by atoms with E-state index >= 15 is 0 Å². The van der Waals surface area contributed by atoms with E-state index in [1.807, 2.05) is 51.1 Å². The van der Waals surface area contributed by atoms with Gasteiger partial charge in [0, 0.05) is 25.7 Å². The lowest BCUT2D eigenvalue weighted by Gasteiger charge is -2.35. The smallest absolute Gasteiger partial charge is 0.306 e. The Kier molecular flexibility index (Phi) is 11.4. The number of methoxy groups -OCH3 is 1. The third-order valence-electron chi connectivity index (χ3n) is 7.75. The fraction of sp³-hybridized carbons (Fsp3) is 0.531. The maximum absolute atomic E-state index is 14.0. The van der Waals surface area contributed by atoms with E-state index in [9.17, 15) is 14.4 Å². The van der Waals surface area contributed by atoms with Crippen molar-refractivity contribution in [2.45, 2.75) is 70.1 Å². The number of nitrogens with two attached hydrogens (primary N) is 1. The van der Waals surface area contributed by atoms with Crippen molar-refractivity contribution in [1.82, 2.24) is 9.80 Å². The van der Waals surface area contributed by atoms with Crippen LogP contribution in [0, 0.1) is 5.92 Å². The topological polar surface area (TPSA) is 102 Å². The van der Waals surface area contributed by atoms with E-state index in [1.165, 1.54) is 12.7 Å². The number of likely N-dealkylation sites (N-methyl/N-ethyl adjacent to an activating group) is 2. The van der Waals surface area contributed by atoms with Crippen LogP contribution in [0.4, 0.5) is 0 Å². The summed E-state index contributed by atoms with van der Waals surface area (Å²) in [6.45, 7) is 6.06. The Morgan fingerprint density at radius 3 is 2.34 bits per heavy atom. The van der Waals surface area contributed by atoms with Crippen LogP contribution in [0.15, 0.2) is 48.5 Å². The molecule has 0 saturated carbocycles. The van der Waals surface area contributed by atoms with Gasteiger partial charge in [0.05, 0.1) is 37.7 Å². The lowest BCUT2D eigenvalue weighted by molar-refractivity contribution is -0.147. The minimum atomic E-state index is -0.852. The van der Waals surface area contributed by atoms with Gasteiger partial charge in [-0.1, -0.05) is 48.0 Å². The van der Waals surface area contributed by atoms with E-state index in [1.54, 1.807) is 36.0 Å². The van der Waals surface area contributed by atoms with Gasteiger partial charge in [0.15, 0.2) is 0 Å². The highest BCUT2D eigenvalue weighted by molar-refractivity contribution is 6.30. The van der Waals surface area contributed by atoms with Gasteiger partial charge in [0.1, 0.15) is 6.04 Å². The van der Waals surface area contributed by atoms with Crippen LogP contribution in [0.5, 0.6) is 0 Å². The third-order valence-corrected chi connectivity index (χ3v) is 8.00. The number of aryl methyl sites for hydroxylation is 1. The third kappa shape index (κ3) is 9.02. The minimum Gasteiger partial charge on any atom is -0.469 e. The SMILES string of the molecule is COC(=O)C[C@H](C(=O)N(C)C[C@@H](Cc1ccc(Cl)cc1)N(C)C(=O)[C@@H](N)COC(C)(C)C)[C@H]1CCc2ccccc21. The van der Waals surface area contributed by atoms with Gasteiger partial charge in [-0.2, -0.15) is 0 Å². The van der Waals surface area contributed by atoms with E-state index in [-0.39, 0.29) is 43.3 Å². The largest absolute Gasteiger partial charge is 0.469 e. The predicted molar refractivity (Wildman–Crippen MR) is 161 cm³/mol. The van der Waals surface area contributed by atoms with Gasteiger partial charge in [-0.25, -0.2) is 0 Å². The summed E-state index contributed by atoms with van der Waals surface area (Å²) in [5, 5.41) is 0.617. The molecule has 41 heavy (non-hydrogen) atoms. The number of amides is 2. The van der Waals surface area contributed by atoms with Crippen LogP contribution < -0.4 is 5.73 Å². The molecule has 8 nitrogen and oxygen atoms in total. The van der Waals surface area contributed by atoms with Crippen LogP contribution in [-0.2, 0) is 36.7 Å². The lowest BCUT2D eigenvalue weighted by Crippen LogP contribution is -2.53. The molecular formula is C32H44ClN3O5. The fourth-order valence-corrected chi connectivity index (χ4v) is 5.56. The minimum absolute atomic E-state index is 0.00961. The van der Waals surface area contributed by atoms with Crippen molar-refractivity contribution in [1.29, 1.82) is 0 Å². The van der Waals surface area contributed by atoms with Crippen molar-refractivity contribution in [3.8, 4) is 0 Å². The number of carbonyl (C=O) groups excluding carboxylic acids is 3. The number of hydrogen-bond donors (Lipinski definition) is 1. The van der Waals surface area contributed by atoms with Crippen molar-refractivity contribution in [2.75, 3.05) is 34.4 Å². The van der Waals surface area contributed by atoms with Gasteiger partial charge in [-0.3, -0.25) is 14.4 Å². The Labute approximate surface area is 249 Å². The number of hydrogen-bond acceptors (Lipinski definition) is 6. The molecule has 0 spiro atoms. The highest BCUT2D eigenvalue weighted by atomic mass is 35.5. The van der Waals surface area contributed by atoms with Crippen LogP contribution in [0.25, 0.3) is 0 Å². The first-order valence-corrected chi connectivity index (χ1v) is 14.5. The van der Waals surface area contributed by atoms with Crippen molar-refractivity contribution in [3.05, 3.63) is 70.2 Å². The summed E-state index contributed by atoms with van der Waals surface area (Å²) in [5.74, 6) is -1.51. The average Bonchev–Trinajstić information content (AvgIpc) is 3.37. The summed E-state index contributed by atoms with van der Waals surface area (Å²) < 4.78 is 10.7. The highest BCUT2D eigenvalue weighted by Gasteiger charge is 2.38. The first-order valence-electron chi connectivity index (χ1n) is 14.1. The molecule has 0 heterocycles. The molecule has 0 unspecified atom stereocenters. The molecule has 0 radical (unpaired) electrons. The number of halogens is 1. The molecule has 2 aromatic carbocycles. The van der Waals surface area contributed by atoms with E-state index < -0.39 is 23.5 Å². The van der Waals surface area contributed by atoms with Crippen LogP contribution in [0.2, 0.25) is 5.02 Å². The summed E-state index contributed by atoms with van der Waals surface area (Å²) in [4.78, 5) is 43.1. The second-order valence-corrected chi connectivity index (χ2v) is 12.3. The normalized spacial score (nSPS) is 16.8. The van der Waals surface area contributed by atoms with Gasteiger partial charge < -0.3 is 25.0 Å². The molecule has 9 heteroatoms. The highest BCUT2D eigenvalue weighted by Crippen LogP contribution is 2.40. The zero-order valence-electron chi connectivity index (χ0n) is 25.1. The van der Waals surface area contributed by atoms with Crippen LogP contribution in [0.3, 0.4) is 0 Å². The van der Waals surface area contributed by atoms with Crippen LogP contribution in [-0.4, -0.2) is 79.6 Å². The number of esters is 1. The van der Waals surface area contributed by atoms with Crippen LogP contribution >= 0.6 is 11.6 Å². The number of ether oxygens (including phenoxy) is 2. The number of fused-ring (bicyclic) bond motifs is 1. The summed E-state index contributed by atoms with van der Waals surface area (Å²) >= 11 is 6.10. The molecule has 224 valence electrons. The van der Waals surface area contributed by atoms with E-state index in [4.69, 9.17) is 26.8 Å². The molecule has 0 aromatic heterocycles. The molecule has 2 N–H and O–H groups in total. The monoisotopic (exact) mass is 585 g/mol. The molecule has 2 aromatic rings. The second kappa shape index (κ2) is 14.3. The Bertz CT molecular complexity index is 1200. The number of benzene rings is 2. The standard InChI is InChI=1S/C32H44ClN3O5/c1-32(2,3)41-20-28(34)31(39)36(5)24(17-21-11-14-23(33)15-12-21)19-35(4)30(38)27(18-29(37)40-6)26-16-13-22-9-7-8-10-25(22)26/h7-12,14-15,24,26-28H,13,16-20,34H2,1-6H3/t24-,26+,27+,28+/m1/s1. The quantitative estimate of drug-likeness (QED) is 0.374. The summed E-state index contributed by atoms with van der Waals surface area (Å²) in [5.41, 5.74) is 9.10. The van der Waals surface area contributed by atoms with E-state index in [2.05, 4.69) is 6.07 Å². The van der Waals surface area contributed by atoms with E-state index in [0.29, 0.717) is 11.4 Å². The molecule has 0 saturated heterocycles. The van der Waals surface area contributed by atoms with Crippen molar-refractivity contribution in [3.63, 3.8) is 0 Å². The maximum Gasteiger partial charge on any atom is 0.306 e. The molecule has 0 aliphatic heterocycles. The molecule has 0 fully saturated rings. The van der Waals surface area contributed by atoms with Gasteiger partial charge in [0.2, 0.25) is 11.8 Å². The summed E-state index contributed by atoms with van der Waals surface area (Å²) in [6.07, 6.45) is 2.12. The molecule has 0 bridgehead atoms. The molecular weight excluding hydrogens is 542 g/mol. The van der Waals surface area contributed by atoms with Gasteiger partial charge in [0.25, 0.3) is 0 Å². The Morgan fingerprint density at radius 1 is 1.05 bits per heavy atom. The second-order valence-electron chi connectivity index (χ2n) is 11.9.